The number of rotatable bonds is 5. The molecule has 1 heterocycles. The van der Waals surface area contributed by atoms with Crippen molar-refractivity contribution in [1.82, 2.24) is 9.78 Å². The first-order valence-corrected chi connectivity index (χ1v) is 6.77. The second-order valence-corrected chi connectivity index (χ2v) is 4.97. The van der Waals surface area contributed by atoms with Crippen LogP contribution in [0.25, 0.3) is 0 Å². The van der Waals surface area contributed by atoms with Crippen LogP contribution >= 0.6 is 0 Å². The lowest BCUT2D eigenvalue weighted by molar-refractivity contribution is 0.466. The Hall–Kier alpha value is -1.88. The van der Waals surface area contributed by atoms with Crippen molar-refractivity contribution in [3.63, 3.8) is 0 Å². The second-order valence-electron chi connectivity index (χ2n) is 4.97. The van der Waals surface area contributed by atoms with E-state index in [1.54, 1.807) is 26.1 Å². The van der Waals surface area contributed by atoms with E-state index in [-0.39, 0.29) is 11.9 Å². The topological polar surface area (TPSA) is 53.1 Å². The fourth-order valence-corrected chi connectivity index (χ4v) is 1.99. The van der Waals surface area contributed by atoms with Crippen LogP contribution < -0.4 is 10.5 Å². The molecule has 1 unspecified atom stereocenters. The maximum atomic E-state index is 13.6. The Morgan fingerprint density at radius 2 is 2.20 bits per heavy atom. The summed E-state index contributed by atoms with van der Waals surface area (Å²) in [7, 11) is 0. The van der Waals surface area contributed by atoms with E-state index in [1.165, 1.54) is 6.07 Å². The number of benzene rings is 1. The van der Waals surface area contributed by atoms with Gasteiger partial charge in [-0.1, -0.05) is 6.92 Å². The molecule has 2 aromatic rings. The molecular formula is C15H20FN3O. The third-order valence-corrected chi connectivity index (χ3v) is 3.07. The molecule has 1 atom stereocenters. The summed E-state index contributed by atoms with van der Waals surface area (Å²) in [4.78, 5) is 0. The van der Waals surface area contributed by atoms with Crippen molar-refractivity contribution in [3.8, 4) is 11.5 Å². The number of hydrogen-bond acceptors (Lipinski definition) is 3. The van der Waals surface area contributed by atoms with E-state index >= 15 is 0 Å². The van der Waals surface area contributed by atoms with Gasteiger partial charge in [-0.15, -0.1) is 0 Å². The van der Waals surface area contributed by atoms with Crippen molar-refractivity contribution < 1.29 is 9.13 Å². The second kappa shape index (κ2) is 6.05. The Bertz CT molecular complexity index is 593. The molecule has 5 heteroatoms. The van der Waals surface area contributed by atoms with Crippen LogP contribution in [0.1, 0.15) is 37.4 Å². The van der Waals surface area contributed by atoms with Gasteiger partial charge in [0.15, 0.2) is 5.75 Å². The van der Waals surface area contributed by atoms with Crippen molar-refractivity contribution in [2.24, 2.45) is 5.73 Å². The number of nitrogens with zero attached hydrogens (tertiary/aromatic N) is 2. The minimum atomic E-state index is -0.300. The molecule has 1 aromatic heterocycles. The molecule has 1 aromatic carbocycles. The van der Waals surface area contributed by atoms with Gasteiger partial charge in [0.2, 0.25) is 0 Å². The summed E-state index contributed by atoms with van der Waals surface area (Å²) in [5, 5.41) is 4.20. The van der Waals surface area contributed by atoms with Crippen LogP contribution in [0, 0.1) is 12.7 Å². The molecule has 0 amide bonds. The average Bonchev–Trinajstić information content (AvgIpc) is 2.81. The lowest BCUT2D eigenvalue weighted by Crippen LogP contribution is -2.07. The van der Waals surface area contributed by atoms with Crippen LogP contribution in [0.5, 0.6) is 11.5 Å². The number of ether oxygens (including phenoxy) is 1. The minimum absolute atomic E-state index is 0.272. The van der Waals surface area contributed by atoms with Gasteiger partial charge in [-0.3, -0.25) is 4.68 Å². The molecule has 108 valence electrons. The first-order chi connectivity index (χ1) is 9.51. The van der Waals surface area contributed by atoms with E-state index in [0.29, 0.717) is 22.6 Å². The van der Waals surface area contributed by atoms with Gasteiger partial charge in [0.25, 0.3) is 0 Å². The van der Waals surface area contributed by atoms with Crippen LogP contribution in [0.4, 0.5) is 4.39 Å². The monoisotopic (exact) mass is 277 g/mol. The summed E-state index contributed by atoms with van der Waals surface area (Å²) < 4.78 is 21.3. The molecule has 0 spiro atoms. The number of aromatic nitrogens is 2. The van der Waals surface area contributed by atoms with Crippen molar-refractivity contribution in [3.05, 3.63) is 41.5 Å². The highest BCUT2D eigenvalue weighted by Gasteiger charge is 2.13. The van der Waals surface area contributed by atoms with Crippen molar-refractivity contribution in [2.45, 2.75) is 39.8 Å². The highest BCUT2D eigenvalue weighted by atomic mass is 19.1. The van der Waals surface area contributed by atoms with E-state index in [9.17, 15) is 4.39 Å². The SMILES string of the molecule is CCCn1cc(Oc2cc(C)c(F)cc2C(C)N)cn1. The van der Waals surface area contributed by atoms with E-state index in [2.05, 4.69) is 12.0 Å². The average molecular weight is 277 g/mol. The van der Waals surface area contributed by atoms with E-state index < -0.39 is 0 Å². The van der Waals surface area contributed by atoms with Crippen LogP contribution in [-0.4, -0.2) is 9.78 Å². The molecule has 4 nitrogen and oxygen atoms in total. The lowest BCUT2D eigenvalue weighted by atomic mass is 10.1. The Labute approximate surface area is 118 Å². The molecule has 0 aliphatic heterocycles. The highest BCUT2D eigenvalue weighted by molar-refractivity contribution is 5.42. The molecule has 0 bridgehead atoms. The summed E-state index contributed by atoms with van der Waals surface area (Å²) >= 11 is 0. The van der Waals surface area contributed by atoms with Gasteiger partial charge in [0.05, 0.1) is 12.4 Å². The third-order valence-electron chi connectivity index (χ3n) is 3.07. The van der Waals surface area contributed by atoms with E-state index in [4.69, 9.17) is 10.5 Å². The van der Waals surface area contributed by atoms with Gasteiger partial charge in [-0.25, -0.2) is 4.39 Å². The quantitative estimate of drug-likeness (QED) is 0.909. The predicted octanol–water partition coefficient (Wildman–Crippen LogP) is 3.55. The Morgan fingerprint density at radius 3 is 2.85 bits per heavy atom. The maximum absolute atomic E-state index is 13.6. The molecule has 0 saturated carbocycles. The zero-order chi connectivity index (χ0) is 14.7. The van der Waals surface area contributed by atoms with E-state index in [1.807, 2.05) is 10.9 Å². The van der Waals surface area contributed by atoms with Crippen LogP contribution in [0.3, 0.4) is 0 Å². The fraction of sp³-hybridized carbons (Fsp3) is 0.400. The van der Waals surface area contributed by atoms with Crippen molar-refractivity contribution >= 4 is 0 Å². The molecule has 20 heavy (non-hydrogen) atoms. The Balaban J connectivity index is 2.29. The first kappa shape index (κ1) is 14.5. The van der Waals surface area contributed by atoms with Crippen LogP contribution in [-0.2, 0) is 6.54 Å². The molecule has 0 radical (unpaired) electrons. The molecule has 0 saturated heterocycles. The molecule has 2 N–H and O–H groups in total. The molecule has 2 rings (SSSR count). The first-order valence-electron chi connectivity index (χ1n) is 6.77. The van der Waals surface area contributed by atoms with Crippen LogP contribution in [0.2, 0.25) is 0 Å². The smallest absolute Gasteiger partial charge is 0.165 e. The summed E-state index contributed by atoms with van der Waals surface area (Å²) in [6.07, 6.45) is 4.48. The van der Waals surface area contributed by atoms with Crippen molar-refractivity contribution in [2.75, 3.05) is 0 Å². The van der Waals surface area contributed by atoms with Gasteiger partial charge < -0.3 is 10.5 Å². The minimum Gasteiger partial charge on any atom is -0.454 e. The normalized spacial score (nSPS) is 12.4. The van der Waals surface area contributed by atoms with Gasteiger partial charge in [-0.2, -0.15) is 5.10 Å². The summed E-state index contributed by atoms with van der Waals surface area (Å²) in [6.45, 7) is 6.43. The molecule has 0 fully saturated rings. The van der Waals surface area contributed by atoms with Gasteiger partial charge >= 0.3 is 0 Å². The predicted molar refractivity (Wildman–Crippen MR) is 76.3 cm³/mol. The maximum Gasteiger partial charge on any atom is 0.165 e. The zero-order valence-corrected chi connectivity index (χ0v) is 12.1. The van der Waals surface area contributed by atoms with Crippen molar-refractivity contribution in [1.29, 1.82) is 0 Å². The van der Waals surface area contributed by atoms with E-state index in [0.717, 1.165) is 13.0 Å². The van der Waals surface area contributed by atoms with Gasteiger partial charge in [-0.05, 0) is 38.0 Å². The van der Waals surface area contributed by atoms with Gasteiger partial charge in [0.1, 0.15) is 11.6 Å². The number of halogens is 1. The lowest BCUT2D eigenvalue weighted by Gasteiger charge is -2.14. The Morgan fingerprint density at radius 1 is 1.45 bits per heavy atom. The standard InChI is InChI=1S/C15H20FN3O/c1-4-5-19-9-12(8-18-19)20-15-6-10(2)14(16)7-13(15)11(3)17/h6-9,11H,4-5,17H2,1-3H3. The van der Waals surface area contributed by atoms with Crippen LogP contribution in [0.15, 0.2) is 24.5 Å². The number of aryl methyl sites for hydroxylation is 2. The number of nitrogens with two attached hydrogens (primary N) is 1. The third kappa shape index (κ3) is 3.17. The Kier molecular flexibility index (Phi) is 4.39. The zero-order valence-electron chi connectivity index (χ0n) is 12.1. The number of hydrogen-bond donors (Lipinski definition) is 1. The summed E-state index contributed by atoms with van der Waals surface area (Å²) in [6, 6.07) is 2.81. The molecular weight excluding hydrogens is 257 g/mol. The molecule has 0 aliphatic rings. The summed E-state index contributed by atoms with van der Waals surface area (Å²) in [5.74, 6) is 0.938. The highest BCUT2D eigenvalue weighted by Crippen LogP contribution is 2.31. The van der Waals surface area contributed by atoms with Gasteiger partial charge in [0, 0.05) is 18.2 Å². The molecule has 0 aliphatic carbocycles. The fourth-order valence-electron chi connectivity index (χ4n) is 1.99. The largest absolute Gasteiger partial charge is 0.454 e. The summed E-state index contributed by atoms with van der Waals surface area (Å²) in [5.41, 5.74) is 7.05.